The zero-order valence-corrected chi connectivity index (χ0v) is 34.5. The Labute approximate surface area is 305 Å². The van der Waals surface area contributed by atoms with Crippen molar-refractivity contribution >= 4 is 49.1 Å². The van der Waals surface area contributed by atoms with Crippen LogP contribution in [0.1, 0.15) is 87.2 Å². The van der Waals surface area contributed by atoms with Crippen molar-refractivity contribution in [3.8, 4) is 11.5 Å². The van der Waals surface area contributed by atoms with Crippen molar-refractivity contribution < 1.29 is 59.9 Å². The van der Waals surface area contributed by atoms with E-state index in [1.165, 1.54) is 108 Å². The van der Waals surface area contributed by atoms with Gasteiger partial charge in [0, 0.05) is 21.0 Å². The van der Waals surface area contributed by atoms with E-state index in [-0.39, 0.29) is 51.0 Å². The summed E-state index contributed by atoms with van der Waals surface area (Å²) >= 11 is 0. The summed E-state index contributed by atoms with van der Waals surface area (Å²) in [7, 11) is -0.331. The Bertz CT molecular complexity index is 1240. The van der Waals surface area contributed by atoms with Gasteiger partial charge in [0.1, 0.15) is 0 Å². The third-order valence-electron chi connectivity index (χ3n) is 8.26. The van der Waals surface area contributed by atoms with Gasteiger partial charge in [-0.2, -0.15) is 12.1 Å². The van der Waals surface area contributed by atoms with Gasteiger partial charge in [0.05, 0.1) is 0 Å². The Balaban J connectivity index is 0.000000380. The molecule has 6 rings (SSSR count). The molecule has 4 aromatic carbocycles. The Morgan fingerprint density at radius 3 is 1.23 bits per heavy atom. The fourth-order valence-corrected chi connectivity index (χ4v) is 7.78. The molecule has 0 amide bonds. The van der Waals surface area contributed by atoms with Crippen molar-refractivity contribution in [2.24, 2.45) is 0 Å². The first-order valence-electron chi connectivity index (χ1n) is 15.8. The van der Waals surface area contributed by atoms with E-state index in [1.54, 1.807) is 0 Å². The summed E-state index contributed by atoms with van der Waals surface area (Å²) in [5.41, 5.74) is 2.96. The first-order chi connectivity index (χ1) is 19.9. The third kappa shape index (κ3) is 11.3. The number of fused-ring (bicyclic) bond motifs is 2. The van der Waals surface area contributed by atoms with Crippen LogP contribution in [-0.2, 0) is 26.2 Å². The van der Waals surface area contributed by atoms with Gasteiger partial charge in [-0.3, -0.25) is 0 Å². The van der Waals surface area contributed by atoms with Crippen molar-refractivity contribution in [3.63, 3.8) is 0 Å². The Hall–Kier alpha value is -0.626. The number of rotatable bonds is 6. The van der Waals surface area contributed by atoms with Crippen molar-refractivity contribution in [2.45, 2.75) is 115 Å². The number of hydrogen-bond acceptors (Lipinski definition) is 2. The second-order valence-electron chi connectivity index (χ2n) is 12.2. The van der Waals surface area contributed by atoms with E-state index in [2.05, 4.69) is 99.9 Å². The van der Waals surface area contributed by atoms with Gasteiger partial charge in [-0.1, -0.05) is 74.9 Å². The molecule has 236 valence electrons. The van der Waals surface area contributed by atoms with E-state index < -0.39 is 18.1 Å². The molecule has 0 saturated heterocycles. The first-order valence-corrected chi connectivity index (χ1v) is 22.7. The molecule has 0 atom stereocenters. The summed E-state index contributed by atoms with van der Waals surface area (Å²) in [4.78, 5) is 0. The average molecular weight is 761 g/mol. The molecular weight excluding hydrogens is 711 g/mol. The van der Waals surface area contributed by atoms with Crippen LogP contribution in [0.2, 0.25) is 39.3 Å². The first kappa shape index (κ1) is 41.4. The van der Waals surface area contributed by atoms with Gasteiger partial charge >= 0.3 is 26.2 Å². The molecule has 2 saturated carbocycles. The minimum Gasteiger partial charge on any atom is -1.00 e. The van der Waals surface area contributed by atoms with Crippen LogP contribution in [0.5, 0.6) is 11.5 Å². The molecule has 2 aliphatic rings. The fourth-order valence-electron chi connectivity index (χ4n) is 6.51. The molecule has 0 aliphatic heterocycles. The van der Waals surface area contributed by atoms with Crippen LogP contribution in [0.25, 0.3) is 21.5 Å². The minimum atomic E-state index is -0.707. The van der Waals surface area contributed by atoms with E-state index in [4.69, 9.17) is 8.85 Å². The topological polar surface area (TPSA) is 18.5 Å². The van der Waals surface area contributed by atoms with Crippen LogP contribution >= 0.6 is 0 Å². The van der Waals surface area contributed by atoms with Crippen LogP contribution in [0.4, 0.5) is 0 Å². The van der Waals surface area contributed by atoms with Gasteiger partial charge in [-0.25, -0.2) is 0 Å². The van der Waals surface area contributed by atoms with Crippen LogP contribution in [0.15, 0.2) is 60.7 Å². The SMILES string of the molecule is C[Si](C)O[c-]1c(C2CCCCC2)cc2ccccc21.C[Si](C)O[c-]1c(C2CCCCC2)cc2ccccc21.C[Si]C.[Cl-].[Cl-].[Zr+4]. The molecule has 0 bridgehead atoms. The van der Waals surface area contributed by atoms with Crippen LogP contribution in [-0.4, -0.2) is 27.6 Å². The summed E-state index contributed by atoms with van der Waals surface area (Å²) in [5, 5.41) is 5.33. The molecule has 4 aromatic rings. The minimum absolute atomic E-state index is 0. The van der Waals surface area contributed by atoms with Gasteiger partial charge in [0.25, 0.3) is 18.1 Å². The maximum absolute atomic E-state index is 6.25. The summed E-state index contributed by atoms with van der Waals surface area (Å²) < 4.78 is 12.5. The van der Waals surface area contributed by atoms with Gasteiger partial charge in [-0.15, -0.1) is 57.9 Å². The number of benzene rings is 2. The smallest absolute Gasteiger partial charge is 1.00 e. The van der Waals surface area contributed by atoms with Crippen LogP contribution in [0, 0.1) is 0 Å². The monoisotopic (exact) mass is 758 g/mol. The van der Waals surface area contributed by atoms with Gasteiger partial charge in [0.2, 0.25) is 0 Å². The quantitative estimate of drug-likeness (QED) is 0.197. The third-order valence-corrected chi connectivity index (χ3v) is 9.48. The molecule has 44 heavy (non-hydrogen) atoms. The Kier molecular flexibility index (Phi) is 20.0. The Morgan fingerprint density at radius 1 is 0.591 bits per heavy atom. The second kappa shape index (κ2) is 21.3. The van der Waals surface area contributed by atoms with E-state index in [0.717, 1.165) is 21.4 Å². The molecule has 2 aliphatic carbocycles. The fraction of sp³-hybridized carbons (Fsp3) is 0.500. The maximum Gasteiger partial charge on any atom is 4.00 e. The van der Waals surface area contributed by atoms with Crippen molar-refractivity contribution in [3.05, 3.63) is 71.8 Å². The van der Waals surface area contributed by atoms with Crippen molar-refractivity contribution in [1.29, 1.82) is 0 Å². The summed E-state index contributed by atoms with van der Waals surface area (Å²) in [6, 6.07) is 22.1. The largest absolute Gasteiger partial charge is 4.00 e. The maximum atomic E-state index is 6.25. The second-order valence-corrected chi connectivity index (χ2v) is 17.3. The van der Waals surface area contributed by atoms with Crippen LogP contribution < -0.4 is 33.7 Å². The standard InChI is InChI=1S/2C17H22OSi.C2H6Si.2ClH.Zr/c2*1-19(2)18-17-15-11-7-6-10-14(15)12-16(17)13-8-4-3-5-9-13;1-3-2;;;/h2*6-7,10-13H,3-5,8-9H2,1-2H3;1-2H3;2*1H;/q2*-1;;;;+4/p-2. The predicted octanol–water partition coefficient (Wildman–Crippen LogP) is 5.26. The summed E-state index contributed by atoms with van der Waals surface area (Å²) in [6.07, 6.45) is 13.7. The predicted molar refractivity (Wildman–Crippen MR) is 184 cm³/mol. The van der Waals surface area contributed by atoms with E-state index in [9.17, 15) is 0 Å². The van der Waals surface area contributed by atoms with Crippen LogP contribution in [0.3, 0.4) is 0 Å². The molecule has 0 spiro atoms. The van der Waals surface area contributed by atoms with Gasteiger partial charge < -0.3 is 33.7 Å². The molecule has 0 unspecified atom stereocenters. The van der Waals surface area contributed by atoms with Crippen molar-refractivity contribution in [2.75, 3.05) is 0 Å². The van der Waals surface area contributed by atoms with Gasteiger partial charge in [0.15, 0.2) is 0 Å². The van der Waals surface area contributed by atoms with E-state index >= 15 is 0 Å². The zero-order chi connectivity index (χ0) is 29.2. The molecule has 0 aromatic heterocycles. The zero-order valence-electron chi connectivity index (χ0n) is 27.6. The molecular formula is C36H50Cl2O2Si3Zr. The molecule has 0 N–H and O–H groups in total. The summed E-state index contributed by atoms with van der Waals surface area (Å²) in [6.45, 7) is 13.2. The van der Waals surface area contributed by atoms with Crippen molar-refractivity contribution in [1.82, 2.24) is 0 Å². The molecule has 2 fully saturated rings. The molecule has 4 radical (unpaired) electrons. The summed E-state index contributed by atoms with van der Waals surface area (Å²) in [5.74, 6) is 3.83. The van der Waals surface area contributed by atoms with E-state index in [1.807, 2.05) is 0 Å². The molecule has 8 heteroatoms. The van der Waals surface area contributed by atoms with Gasteiger partial charge in [-0.05, 0) is 63.7 Å². The number of halogens is 2. The Morgan fingerprint density at radius 2 is 0.909 bits per heavy atom. The normalized spacial score (nSPS) is 15.3. The molecule has 0 heterocycles. The average Bonchev–Trinajstić information content (AvgIpc) is 3.53. The molecule has 2 nitrogen and oxygen atoms in total. The number of hydrogen-bond donors (Lipinski definition) is 0. The van der Waals surface area contributed by atoms with E-state index in [0.29, 0.717) is 0 Å².